The van der Waals surface area contributed by atoms with E-state index >= 15 is 0 Å². The van der Waals surface area contributed by atoms with Gasteiger partial charge in [0, 0.05) is 41.6 Å². The zero-order valence-corrected chi connectivity index (χ0v) is 21.8. The molecule has 2 aromatic heterocycles. The molecule has 0 radical (unpaired) electrons. The van der Waals surface area contributed by atoms with E-state index in [9.17, 15) is 22.8 Å². The maximum atomic E-state index is 13.5. The Morgan fingerprint density at radius 2 is 1.97 bits per heavy atom. The fraction of sp³-hybridized carbons (Fsp3) is 0.500. The van der Waals surface area contributed by atoms with Crippen molar-refractivity contribution in [2.45, 2.75) is 44.5 Å². The molecule has 3 aromatic rings. The van der Waals surface area contributed by atoms with E-state index in [0.717, 1.165) is 16.3 Å². The number of nitrogens with one attached hydrogen (secondary N) is 2. The molecule has 12 heteroatoms. The highest BCUT2D eigenvalue weighted by atomic mass is 35.5. The maximum absolute atomic E-state index is 13.5. The summed E-state index contributed by atoms with van der Waals surface area (Å²) >= 11 is 6.37. The highest BCUT2D eigenvalue weighted by Gasteiger charge is 2.43. The number of hydrogen-bond donors (Lipinski definition) is 2. The van der Waals surface area contributed by atoms with Crippen LogP contribution in [0.5, 0.6) is 0 Å². The number of pyridine rings is 1. The quantitative estimate of drug-likeness (QED) is 0.495. The van der Waals surface area contributed by atoms with Gasteiger partial charge in [-0.15, -0.1) is 0 Å². The summed E-state index contributed by atoms with van der Waals surface area (Å²) in [6, 6.07) is 4.54. The first kappa shape index (κ1) is 26.7. The average Bonchev–Trinajstić information content (AvgIpc) is 3.22. The summed E-state index contributed by atoms with van der Waals surface area (Å²) in [6.45, 7) is 4.09. The molecule has 2 fully saturated rings. The molecule has 2 aliphatic heterocycles. The first-order valence-corrected chi connectivity index (χ1v) is 12.9. The van der Waals surface area contributed by atoms with Gasteiger partial charge in [0.1, 0.15) is 6.04 Å². The molecule has 0 bridgehead atoms. The van der Waals surface area contributed by atoms with Crippen molar-refractivity contribution in [3.63, 3.8) is 0 Å². The van der Waals surface area contributed by atoms with Gasteiger partial charge in [-0.05, 0) is 44.9 Å². The molecule has 2 aliphatic rings. The number of likely N-dealkylation sites (tertiary alicyclic amines) is 1. The number of alkyl halides is 3. The number of amides is 2. The second-order valence-electron chi connectivity index (χ2n) is 10.6. The van der Waals surface area contributed by atoms with Crippen LogP contribution in [0.3, 0.4) is 0 Å². The maximum Gasteiger partial charge on any atom is 0.391 e. The lowest BCUT2D eigenvalue weighted by Gasteiger charge is -2.43. The number of aromatic amines is 1. The monoisotopic (exact) mass is 551 g/mol. The summed E-state index contributed by atoms with van der Waals surface area (Å²) in [4.78, 5) is 37.2. The van der Waals surface area contributed by atoms with Gasteiger partial charge in [-0.2, -0.15) is 13.2 Å². The number of piperidine rings is 1. The third kappa shape index (κ3) is 5.45. The number of ether oxygens (including phenoxy) is 1. The lowest BCUT2D eigenvalue weighted by atomic mass is 9.96. The third-order valence-corrected chi connectivity index (χ3v) is 7.56. The number of fused-ring (bicyclic) bond motifs is 3. The molecule has 0 saturated carbocycles. The van der Waals surface area contributed by atoms with Crippen molar-refractivity contribution >= 4 is 50.9 Å². The molecule has 1 aromatic carbocycles. The summed E-state index contributed by atoms with van der Waals surface area (Å²) in [6.07, 6.45) is -1.11. The van der Waals surface area contributed by atoms with Crippen molar-refractivity contribution in [1.82, 2.24) is 19.8 Å². The first-order valence-electron chi connectivity index (χ1n) is 12.5. The number of nitrogens with zero attached hydrogens (tertiary/aromatic N) is 3. The van der Waals surface area contributed by atoms with E-state index in [0.29, 0.717) is 22.8 Å². The van der Waals surface area contributed by atoms with Crippen LogP contribution in [0.25, 0.3) is 21.8 Å². The smallest absolute Gasteiger partial charge is 0.372 e. The molecule has 8 nitrogen and oxygen atoms in total. The van der Waals surface area contributed by atoms with Gasteiger partial charge in [0.15, 0.2) is 0 Å². The molecule has 38 heavy (non-hydrogen) atoms. The molecule has 2 saturated heterocycles. The molecular weight excluding hydrogens is 523 g/mol. The van der Waals surface area contributed by atoms with Crippen LogP contribution in [0.1, 0.15) is 26.7 Å². The van der Waals surface area contributed by atoms with E-state index in [4.69, 9.17) is 16.3 Å². The number of carbonyl (C=O) groups excluding carboxylic acids is 2. The van der Waals surface area contributed by atoms with E-state index in [2.05, 4.69) is 15.3 Å². The number of hydrogen-bond acceptors (Lipinski definition) is 5. The van der Waals surface area contributed by atoms with Crippen LogP contribution in [0.4, 0.5) is 18.9 Å². The number of rotatable bonds is 4. The molecule has 2 N–H and O–H groups in total. The average molecular weight is 552 g/mol. The van der Waals surface area contributed by atoms with E-state index in [1.165, 1.54) is 4.90 Å². The molecule has 5 rings (SSSR count). The van der Waals surface area contributed by atoms with Gasteiger partial charge in [-0.1, -0.05) is 11.6 Å². The molecular formula is C26H29ClF3N5O3. The Balaban J connectivity index is 1.33. The van der Waals surface area contributed by atoms with Gasteiger partial charge in [0.05, 0.1) is 47.6 Å². The van der Waals surface area contributed by atoms with Crippen molar-refractivity contribution in [2.24, 2.45) is 5.92 Å². The lowest BCUT2D eigenvalue weighted by molar-refractivity contribution is -0.187. The SMILES string of the molecule is CC1(C)CN(CC(=O)N2CCC(C(F)(F)F)CC2)[C@H](C(=O)Nc2cc(Cl)cc3c2[nH]c2cnccc23)CO1. The molecule has 0 spiro atoms. The Hall–Kier alpha value is -2.89. The van der Waals surface area contributed by atoms with Gasteiger partial charge in [0.25, 0.3) is 0 Å². The third-order valence-electron chi connectivity index (χ3n) is 7.34. The van der Waals surface area contributed by atoms with E-state index < -0.39 is 23.7 Å². The van der Waals surface area contributed by atoms with Crippen molar-refractivity contribution in [3.8, 4) is 0 Å². The molecule has 0 unspecified atom stereocenters. The van der Waals surface area contributed by atoms with E-state index in [1.54, 1.807) is 23.4 Å². The number of halogens is 4. The summed E-state index contributed by atoms with van der Waals surface area (Å²) in [7, 11) is 0. The Kier molecular flexibility index (Phi) is 7.04. The zero-order valence-electron chi connectivity index (χ0n) is 21.1. The van der Waals surface area contributed by atoms with Gasteiger partial charge < -0.3 is 19.9 Å². The number of aromatic nitrogens is 2. The summed E-state index contributed by atoms with van der Waals surface area (Å²) in [5.41, 5.74) is 1.37. The standard InChI is InChI=1S/C26H29ClF3N5O3/c1-25(2)14-35(12-22(36)34-7-4-15(5-8-34)26(28,29)30)21(13-38-25)24(37)33-19-10-16(27)9-18-17-3-6-31-11-20(17)32-23(18)19/h3,6,9-11,15,21,32H,4-5,7-8,12-14H2,1-2H3,(H,33,37)/t21-/m0/s1. The largest absolute Gasteiger partial charge is 0.391 e. The molecule has 204 valence electrons. The Morgan fingerprint density at radius 1 is 1.24 bits per heavy atom. The normalized spacial score (nSPS) is 21.2. The number of morpholine rings is 1. The van der Waals surface area contributed by atoms with Gasteiger partial charge in [0.2, 0.25) is 11.8 Å². The van der Waals surface area contributed by atoms with Crippen LogP contribution in [-0.2, 0) is 14.3 Å². The van der Waals surface area contributed by atoms with Gasteiger partial charge in [-0.25, -0.2) is 0 Å². The first-order chi connectivity index (χ1) is 17.9. The van der Waals surface area contributed by atoms with Gasteiger partial charge >= 0.3 is 6.18 Å². The fourth-order valence-corrected chi connectivity index (χ4v) is 5.54. The fourth-order valence-electron chi connectivity index (χ4n) is 5.32. The van der Waals surface area contributed by atoms with Crippen LogP contribution in [0, 0.1) is 5.92 Å². The lowest BCUT2D eigenvalue weighted by Crippen LogP contribution is -2.60. The number of H-pyrrole nitrogens is 1. The molecule has 1 atom stereocenters. The minimum atomic E-state index is -4.25. The van der Waals surface area contributed by atoms with E-state index in [1.807, 2.05) is 26.0 Å². The number of anilines is 1. The molecule has 0 aliphatic carbocycles. The Morgan fingerprint density at radius 3 is 2.68 bits per heavy atom. The summed E-state index contributed by atoms with van der Waals surface area (Å²) < 4.78 is 45.0. The summed E-state index contributed by atoms with van der Waals surface area (Å²) in [5, 5.41) is 5.14. The van der Waals surface area contributed by atoms with Crippen LogP contribution < -0.4 is 5.32 Å². The summed E-state index contributed by atoms with van der Waals surface area (Å²) in [5.74, 6) is -2.05. The van der Waals surface area contributed by atoms with E-state index in [-0.39, 0.29) is 50.9 Å². The molecule has 4 heterocycles. The highest BCUT2D eigenvalue weighted by molar-refractivity contribution is 6.33. The predicted molar refractivity (Wildman–Crippen MR) is 138 cm³/mol. The van der Waals surface area contributed by atoms with Crippen LogP contribution in [-0.4, -0.2) is 82.2 Å². The van der Waals surface area contributed by atoms with Crippen molar-refractivity contribution in [1.29, 1.82) is 0 Å². The van der Waals surface area contributed by atoms with Crippen LogP contribution in [0.15, 0.2) is 30.6 Å². The van der Waals surface area contributed by atoms with Gasteiger partial charge in [-0.3, -0.25) is 19.5 Å². The van der Waals surface area contributed by atoms with Crippen LogP contribution >= 0.6 is 11.6 Å². The predicted octanol–water partition coefficient (Wildman–Crippen LogP) is 4.59. The van der Waals surface area contributed by atoms with Crippen LogP contribution in [0.2, 0.25) is 5.02 Å². The highest BCUT2D eigenvalue weighted by Crippen LogP contribution is 2.35. The van der Waals surface area contributed by atoms with Crippen molar-refractivity contribution < 1.29 is 27.5 Å². The second-order valence-corrected chi connectivity index (χ2v) is 11.0. The Bertz CT molecular complexity index is 1370. The molecule has 2 amide bonds. The van der Waals surface area contributed by atoms with Crippen molar-refractivity contribution in [2.75, 3.05) is 38.1 Å². The minimum absolute atomic E-state index is 0.0450. The van der Waals surface area contributed by atoms with Crippen molar-refractivity contribution in [3.05, 3.63) is 35.6 Å². The second kappa shape index (κ2) is 10.0. The zero-order chi connectivity index (χ0) is 27.2. The Labute approximate surface area is 222 Å². The number of benzene rings is 1. The minimum Gasteiger partial charge on any atom is -0.372 e. The number of carbonyl (C=O) groups is 2. The topological polar surface area (TPSA) is 90.6 Å².